The Morgan fingerprint density at radius 1 is 1.37 bits per heavy atom. The van der Waals surface area contributed by atoms with Gasteiger partial charge in [-0.1, -0.05) is 18.2 Å². The molecule has 1 fully saturated rings. The van der Waals surface area contributed by atoms with Gasteiger partial charge in [0.05, 0.1) is 6.54 Å². The molecule has 0 amide bonds. The Labute approximate surface area is 119 Å². The van der Waals surface area contributed by atoms with E-state index in [0.717, 1.165) is 35.9 Å². The predicted molar refractivity (Wildman–Crippen MR) is 82.1 cm³/mol. The van der Waals surface area contributed by atoms with Crippen molar-refractivity contribution in [1.82, 2.24) is 4.90 Å². The molecule has 0 unspecified atom stereocenters. The van der Waals surface area contributed by atoms with E-state index in [4.69, 9.17) is 10.5 Å². The molecule has 1 aliphatic heterocycles. The van der Waals surface area contributed by atoms with E-state index >= 15 is 0 Å². The third-order valence-electron chi connectivity index (χ3n) is 3.05. The lowest BCUT2D eigenvalue weighted by atomic mass is 10.2. The Balaban J connectivity index is 1.75. The van der Waals surface area contributed by atoms with Gasteiger partial charge >= 0.3 is 0 Å². The zero-order valence-electron chi connectivity index (χ0n) is 11.3. The number of aryl methyl sites for hydroxylation is 1. The van der Waals surface area contributed by atoms with Crippen LogP contribution in [0.3, 0.4) is 0 Å². The van der Waals surface area contributed by atoms with Gasteiger partial charge in [-0.05, 0) is 18.6 Å². The summed E-state index contributed by atoms with van der Waals surface area (Å²) >= 11 is 1.97. The van der Waals surface area contributed by atoms with E-state index in [-0.39, 0.29) is 0 Å². The zero-order chi connectivity index (χ0) is 13.5. The summed E-state index contributed by atoms with van der Waals surface area (Å²) in [6.07, 6.45) is 0. The van der Waals surface area contributed by atoms with Crippen molar-refractivity contribution >= 4 is 17.7 Å². The lowest BCUT2D eigenvalue weighted by Crippen LogP contribution is -2.42. The molecule has 5 heteroatoms. The van der Waals surface area contributed by atoms with Crippen LogP contribution < -0.4 is 10.5 Å². The maximum absolute atomic E-state index is 5.97. The molecule has 0 aliphatic carbocycles. The van der Waals surface area contributed by atoms with Gasteiger partial charge in [0.2, 0.25) is 0 Å². The van der Waals surface area contributed by atoms with E-state index in [1.807, 2.05) is 43.0 Å². The number of nitrogens with two attached hydrogens (primary N) is 1. The molecular formula is C14H21N3OS. The van der Waals surface area contributed by atoms with Gasteiger partial charge in [-0.2, -0.15) is 11.8 Å². The lowest BCUT2D eigenvalue weighted by Gasteiger charge is -2.27. The molecule has 1 heterocycles. The SMILES string of the molecule is Cc1ccccc1OCCN=C(N)N1CCSCC1. The van der Waals surface area contributed by atoms with Crippen molar-refractivity contribution in [2.24, 2.45) is 10.7 Å². The van der Waals surface area contributed by atoms with Crippen molar-refractivity contribution in [3.63, 3.8) is 0 Å². The van der Waals surface area contributed by atoms with Crippen LogP contribution in [-0.2, 0) is 0 Å². The van der Waals surface area contributed by atoms with Crippen LogP contribution in [0.25, 0.3) is 0 Å². The van der Waals surface area contributed by atoms with Crippen molar-refractivity contribution in [1.29, 1.82) is 0 Å². The quantitative estimate of drug-likeness (QED) is 0.518. The molecule has 2 rings (SSSR count). The van der Waals surface area contributed by atoms with Crippen LogP contribution in [-0.4, -0.2) is 48.6 Å². The van der Waals surface area contributed by atoms with E-state index in [2.05, 4.69) is 9.89 Å². The van der Waals surface area contributed by atoms with Crippen LogP contribution in [0.1, 0.15) is 5.56 Å². The highest BCUT2D eigenvalue weighted by Crippen LogP contribution is 2.15. The largest absolute Gasteiger partial charge is 0.491 e. The maximum atomic E-state index is 5.97. The molecule has 1 aliphatic rings. The molecule has 1 saturated heterocycles. The van der Waals surface area contributed by atoms with Gasteiger partial charge < -0.3 is 15.4 Å². The Kier molecular flexibility index (Phi) is 5.39. The summed E-state index contributed by atoms with van der Waals surface area (Å²) in [5, 5.41) is 0. The van der Waals surface area contributed by atoms with E-state index in [1.54, 1.807) is 0 Å². The molecule has 0 radical (unpaired) electrons. The van der Waals surface area contributed by atoms with Crippen molar-refractivity contribution in [2.75, 3.05) is 37.7 Å². The first kappa shape index (κ1) is 14.1. The number of ether oxygens (including phenoxy) is 1. The van der Waals surface area contributed by atoms with Gasteiger partial charge in [0.15, 0.2) is 5.96 Å². The minimum atomic E-state index is 0.564. The van der Waals surface area contributed by atoms with E-state index in [0.29, 0.717) is 19.1 Å². The van der Waals surface area contributed by atoms with Crippen LogP contribution in [0.2, 0.25) is 0 Å². The summed E-state index contributed by atoms with van der Waals surface area (Å²) in [7, 11) is 0. The van der Waals surface area contributed by atoms with Crippen molar-refractivity contribution < 1.29 is 4.74 Å². The second kappa shape index (κ2) is 7.28. The number of guanidine groups is 1. The molecule has 0 saturated carbocycles. The van der Waals surface area contributed by atoms with E-state index in [1.165, 1.54) is 0 Å². The second-order valence-corrected chi connectivity index (χ2v) is 5.68. The minimum absolute atomic E-state index is 0.564. The van der Waals surface area contributed by atoms with Gasteiger partial charge in [0.1, 0.15) is 12.4 Å². The average Bonchev–Trinajstić information content (AvgIpc) is 2.46. The van der Waals surface area contributed by atoms with Gasteiger partial charge in [0.25, 0.3) is 0 Å². The topological polar surface area (TPSA) is 50.9 Å². The summed E-state index contributed by atoms with van der Waals surface area (Å²) < 4.78 is 5.69. The number of hydrogen-bond acceptors (Lipinski definition) is 3. The number of hydrogen-bond donors (Lipinski definition) is 1. The fraction of sp³-hybridized carbons (Fsp3) is 0.500. The monoisotopic (exact) mass is 279 g/mol. The average molecular weight is 279 g/mol. The first-order chi connectivity index (χ1) is 9.27. The number of para-hydroxylation sites is 1. The molecule has 0 spiro atoms. The summed E-state index contributed by atoms with van der Waals surface area (Å²) in [6, 6.07) is 8.00. The van der Waals surface area contributed by atoms with E-state index < -0.39 is 0 Å². The van der Waals surface area contributed by atoms with Gasteiger partial charge in [-0.3, -0.25) is 0 Å². The Morgan fingerprint density at radius 3 is 2.84 bits per heavy atom. The molecule has 0 bridgehead atoms. The van der Waals surface area contributed by atoms with Crippen LogP contribution >= 0.6 is 11.8 Å². The van der Waals surface area contributed by atoms with Gasteiger partial charge in [-0.25, -0.2) is 4.99 Å². The molecule has 19 heavy (non-hydrogen) atoms. The second-order valence-electron chi connectivity index (χ2n) is 4.45. The predicted octanol–water partition coefficient (Wildman–Crippen LogP) is 1.74. The first-order valence-corrected chi connectivity index (χ1v) is 7.74. The molecular weight excluding hydrogens is 258 g/mol. The van der Waals surface area contributed by atoms with Gasteiger partial charge in [-0.15, -0.1) is 0 Å². The first-order valence-electron chi connectivity index (χ1n) is 6.58. The highest BCUT2D eigenvalue weighted by Gasteiger charge is 2.11. The summed E-state index contributed by atoms with van der Waals surface area (Å²) in [5.41, 5.74) is 7.11. The normalized spacial score (nSPS) is 16.5. The summed E-state index contributed by atoms with van der Waals surface area (Å²) in [6.45, 7) is 5.20. The van der Waals surface area contributed by atoms with Crippen LogP contribution in [0.4, 0.5) is 0 Å². The molecule has 104 valence electrons. The third-order valence-corrected chi connectivity index (χ3v) is 3.99. The smallest absolute Gasteiger partial charge is 0.191 e. The van der Waals surface area contributed by atoms with Crippen molar-refractivity contribution in [2.45, 2.75) is 6.92 Å². The number of aliphatic imine (C=N–C) groups is 1. The Hall–Kier alpha value is -1.36. The van der Waals surface area contributed by atoms with Crippen molar-refractivity contribution in [3.8, 4) is 5.75 Å². The number of benzene rings is 1. The zero-order valence-corrected chi connectivity index (χ0v) is 12.2. The lowest BCUT2D eigenvalue weighted by molar-refractivity contribution is 0.325. The van der Waals surface area contributed by atoms with Crippen LogP contribution in [0.15, 0.2) is 29.3 Å². The fourth-order valence-electron chi connectivity index (χ4n) is 1.93. The molecule has 0 atom stereocenters. The third kappa shape index (κ3) is 4.35. The van der Waals surface area contributed by atoms with Crippen molar-refractivity contribution in [3.05, 3.63) is 29.8 Å². The molecule has 1 aromatic carbocycles. The van der Waals surface area contributed by atoms with E-state index in [9.17, 15) is 0 Å². The van der Waals surface area contributed by atoms with Crippen LogP contribution in [0, 0.1) is 6.92 Å². The fourth-order valence-corrected chi connectivity index (χ4v) is 2.83. The minimum Gasteiger partial charge on any atom is -0.491 e. The Morgan fingerprint density at radius 2 is 2.11 bits per heavy atom. The molecule has 4 nitrogen and oxygen atoms in total. The number of nitrogens with zero attached hydrogens (tertiary/aromatic N) is 2. The highest BCUT2D eigenvalue weighted by molar-refractivity contribution is 7.99. The highest BCUT2D eigenvalue weighted by atomic mass is 32.2. The maximum Gasteiger partial charge on any atom is 0.191 e. The van der Waals surface area contributed by atoms with Crippen LogP contribution in [0.5, 0.6) is 5.75 Å². The van der Waals surface area contributed by atoms with Gasteiger partial charge in [0, 0.05) is 24.6 Å². The molecule has 0 aromatic heterocycles. The summed E-state index contributed by atoms with van der Waals surface area (Å²) in [4.78, 5) is 6.52. The molecule has 2 N–H and O–H groups in total. The molecule has 1 aromatic rings. The summed E-state index contributed by atoms with van der Waals surface area (Å²) in [5.74, 6) is 3.84. The number of thioether (sulfide) groups is 1. The Bertz CT molecular complexity index is 430. The standard InChI is InChI=1S/C14H21N3OS/c1-12-4-2-3-5-13(12)18-9-6-16-14(15)17-7-10-19-11-8-17/h2-5H,6-11H2,1H3,(H2,15,16). The number of rotatable bonds is 4.